The number of anilines is 1. The van der Waals surface area contributed by atoms with Gasteiger partial charge in [0.25, 0.3) is 0 Å². The average Bonchev–Trinajstić information content (AvgIpc) is 3.45. The Hall–Kier alpha value is -2.39. The molecule has 5 N–H and O–H groups in total. The number of ether oxygens (including phenoxy) is 1. The first-order valence-corrected chi connectivity index (χ1v) is 12.0. The molecule has 0 saturated heterocycles. The summed E-state index contributed by atoms with van der Waals surface area (Å²) >= 11 is 12.4. The number of nitrogen functional groups attached to an aromatic ring is 1. The Morgan fingerprint density at radius 2 is 1.91 bits per heavy atom. The lowest BCUT2D eigenvalue weighted by Gasteiger charge is -2.19. The number of pyridine rings is 1. The minimum absolute atomic E-state index is 0.0848. The second-order valence-electron chi connectivity index (χ2n) is 9.49. The number of benzene rings is 1. The summed E-state index contributed by atoms with van der Waals surface area (Å²) in [5.41, 5.74) is 13.0. The maximum Gasteiger partial charge on any atom is 0.166 e. The molecule has 0 bridgehead atoms. The zero-order valence-electron chi connectivity index (χ0n) is 18.6. The van der Waals surface area contributed by atoms with Crippen LogP contribution in [0.3, 0.4) is 0 Å². The van der Waals surface area contributed by atoms with E-state index in [0.29, 0.717) is 41.0 Å². The van der Waals surface area contributed by atoms with Crippen molar-refractivity contribution in [1.29, 1.82) is 0 Å². The van der Waals surface area contributed by atoms with E-state index < -0.39 is 17.6 Å². The third-order valence-corrected chi connectivity index (χ3v) is 7.74. The van der Waals surface area contributed by atoms with Crippen LogP contribution in [0.25, 0.3) is 11.1 Å². The van der Waals surface area contributed by atoms with Crippen LogP contribution in [0.15, 0.2) is 36.8 Å². The quantitative estimate of drug-likeness (QED) is 0.327. The van der Waals surface area contributed by atoms with Gasteiger partial charge in [0.1, 0.15) is 17.6 Å². The van der Waals surface area contributed by atoms with Crippen molar-refractivity contribution < 1.29 is 14.2 Å². The Balaban J connectivity index is 1.34. The van der Waals surface area contributed by atoms with Gasteiger partial charge in [0, 0.05) is 34.1 Å². The van der Waals surface area contributed by atoms with Crippen LogP contribution in [0.1, 0.15) is 50.3 Å². The lowest BCUT2D eigenvalue weighted by atomic mass is 10.0. The van der Waals surface area contributed by atoms with Crippen molar-refractivity contribution in [2.45, 2.75) is 50.5 Å². The van der Waals surface area contributed by atoms with Gasteiger partial charge in [0.2, 0.25) is 0 Å². The molecule has 1 aromatic carbocycles. The number of aliphatic hydroxyl groups is 1. The summed E-state index contributed by atoms with van der Waals surface area (Å²) < 4.78 is 21.9. The highest BCUT2D eigenvalue weighted by atomic mass is 35.5. The molecule has 2 aliphatic rings. The van der Waals surface area contributed by atoms with E-state index in [-0.39, 0.29) is 16.9 Å². The van der Waals surface area contributed by atoms with Gasteiger partial charge in [-0.25, -0.2) is 9.37 Å². The number of hydrogen-bond donors (Lipinski definition) is 3. The van der Waals surface area contributed by atoms with Gasteiger partial charge in [-0.1, -0.05) is 23.2 Å². The van der Waals surface area contributed by atoms with Crippen molar-refractivity contribution in [2.75, 3.05) is 5.73 Å². The van der Waals surface area contributed by atoms with Crippen molar-refractivity contribution in [1.82, 2.24) is 14.8 Å². The maximum absolute atomic E-state index is 14.0. The molecule has 7 nitrogen and oxygen atoms in total. The smallest absolute Gasteiger partial charge is 0.166 e. The lowest BCUT2D eigenvalue weighted by molar-refractivity contribution is 0.0439. The largest absolute Gasteiger partial charge is 0.482 e. The lowest BCUT2D eigenvalue weighted by Crippen LogP contribution is -2.37. The molecule has 34 heavy (non-hydrogen) atoms. The van der Waals surface area contributed by atoms with Gasteiger partial charge in [-0.3, -0.25) is 4.68 Å². The number of fused-ring (bicyclic) bond motifs is 1. The number of hydrogen-bond acceptors (Lipinski definition) is 6. The topological polar surface area (TPSA) is 112 Å². The van der Waals surface area contributed by atoms with Crippen LogP contribution in [0, 0.1) is 17.7 Å². The van der Waals surface area contributed by atoms with E-state index in [2.05, 4.69) is 10.1 Å². The molecular weight excluding hydrogens is 480 g/mol. The molecule has 0 aliphatic heterocycles. The standard InChI is InChI=1S/C24H26Cl2FN5O2/c1-12(21-18(25)2-3-19(27)22(21)26)34-20-6-15(9-30-23(20)28)16-10-31-32(11-16)17-4-13-7-24(29,33)8-14(13)5-17/h2-3,6,9-14,17,33H,4-5,7-8,29H2,1H3,(H2,28,30). The Morgan fingerprint density at radius 1 is 1.21 bits per heavy atom. The monoisotopic (exact) mass is 505 g/mol. The van der Waals surface area contributed by atoms with E-state index in [1.807, 2.05) is 10.9 Å². The van der Waals surface area contributed by atoms with Crippen LogP contribution in [-0.2, 0) is 0 Å². The van der Waals surface area contributed by atoms with Crippen molar-refractivity contribution in [3.05, 3.63) is 58.2 Å². The van der Waals surface area contributed by atoms with Crippen LogP contribution >= 0.6 is 23.2 Å². The highest BCUT2D eigenvalue weighted by molar-refractivity contribution is 6.36. The Kier molecular flexibility index (Phi) is 5.96. The summed E-state index contributed by atoms with van der Waals surface area (Å²) in [6.07, 6.45) is 7.96. The summed E-state index contributed by atoms with van der Waals surface area (Å²) in [7, 11) is 0. The Morgan fingerprint density at radius 3 is 2.62 bits per heavy atom. The van der Waals surface area contributed by atoms with Crippen LogP contribution < -0.4 is 16.2 Å². The summed E-state index contributed by atoms with van der Waals surface area (Å²) in [4.78, 5) is 4.27. The first-order chi connectivity index (χ1) is 16.1. The van der Waals surface area contributed by atoms with Gasteiger partial charge >= 0.3 is 0 Å². The molecule has 2 aliphatic carbocycles. The fourth-order valence-electron chi connectivity index (χ4n) is 5.45. The number of nitrogens with zero attached hydrogens (tertiary/aromatic N) is 3. The molecule has 2 fully saturated rings. The predicted molar refractivity (Wildman–Crippen MR) is 129 cm³/mol. The molecule has 0 radical (unpaired) electrons. The molecule has 180 valence electrons. The first kappa shape index (κ1) is 23.4. The highest BCUT2D eigenvalue weighted by Crippen LogP contribution is 2.50. The molecule has 0 amide bonds. The normalized spacial score (nSPS) is 27.1. The van der Waals surface area contributed by atoms with Crippen molar-refractivity contribution >= 4 is 29.0 Å². The second kappa shape index (κ2) is 8.68. The second-order valence-corrected chi connectivity index (χ2v) is 10.3. The van der Waals surface area contributed by atoms with Crippen LogP contribution in [0.4, 0.5) is 10.2 Å². The number of aromatic nitrogens is 3. The zero-order chi connectivity index (χ0) is 24.2. The predicted octanol–water partition coefficient (Wildman–Crippen LogP) is 5.12. The fraction of sp³-hybridized carbons (Fsp3) is 0.417. The summed E-state index contributed by atoms with van der Waals surface area (Å²) in [5, 5.41) is 14.9. The maximum atomic E-state index is 14.0. The van der Waals surface area contributed by atoms with Gasteiger partial charge < -0.3 is 21.3 Å². The number of halogens is 3. The molecule has 2 saturated carbocycles. The highest BCUT2D eigenvalue weighted by Gasteiger charge is 2.47. The Labute approximate surface area is 206 Å². The molecule has 0 spiro atoms. The van der Waals surface area contributed by atoms with E-state index in [1.54, 1.807) is 25.4 Å². The van der Waals surface area contributed by atoms with Gasteiger partial charge in [-0.15, -0.1) is 0 Å². The van der Waals surface area contributed by atoms with Gasteiger partial charge in [-0.2, -0.15) is 5.10 Å². The molecule has 2 heterocycles. The van der Waals surface area contributed by atoms with Gasteiger partial charge in [0.05, 0.1) is 17.3 Å². The van der Waals surface area contributed by atoms with Crippen LogP contribution in [0.5, 0.6) is 5.75 Å². The number of rotatable bonds is 5. The molecule has 2 aromatic heterocycles. The third kappa shape index (κ3) is 4.35. The fourth-order valence-corrected chi connectivity index (χ4v) is 6.12. The molecule has 5 rings (SSSR count). The molecular formula is C24H26Cl2FN5O2. The summed E-state index contributed by atoms with van der Waals surface area (Å²) in [6.45, 7) is 1.72. The van der Waals surface area contributed by atoms with Crippen molar-refractivity contribution in [3.63, 3.8) is 0 Å². The Bertz CT molecular complexity index is 1220. The van der Waals surface area contributed by atoms with Crippen molar-refractivity contribution in [3.8, 4) is 16.9 Å². The van der Waals surface area contributed by atoms with E-state index >= 15 is 0 Å². The van der Waals surface area contributed by atoms with Crippen LogP contribution in [0.2, 0.25) is 10.0 Å². The molecule has 10 heteroatoms. The zero-order valence-corrected chi connectivity index (χ0v) is 20.1. The summed E-state index contributed by atoms with van der Waals surface area (Å²) in [5.74, 6) is 0.815. The van der Waals surface area contributed by atoms with E-state index in [9.17, 15) is 9.50 Å². The van der Waals surface area contributed by atoms with Gasteiger partial charge in [-0.05, 0) is 62.6 Å². The van der Waals surface area contributed by atoms with Gasteiger partial charge in [0.15, 0.2) is 11.6 Å². The minimum Gasteiger partial charge on any atom is -0.482 e. The molecule has 3 unspecified atom stereocenters. The minimum atomic E-state index is -1.03. The summed E-state index contributed by atoms with van der Waals surface area (Å²) in [6, 6.07) is 4.70. The molecule has 3 atom stereocenters. The first-order valence-electron chi connectivity index (χ1n) is 11.2. The van der Waals surface area contributed by atoms with E-state index in [0.717, 1.165) is 24.0 Å². The molecule has 3 aromatic rings. The third-order valence-electron chi connectivity index (χ3n) is 7.03. The van der Waals surface area contributed by atoms with Crippen molar-refractivity contribution in [2.24, 2.45) is 17.6 Å². The van der Waals surface area contributed by atoms with E-state index in [4.69, 9.17) is 39.4 Å². The van der Waals surface area contributed by atoms with E-state index in [1.165, 1.54) is 12.1 Å². The van der Waals surface area contributed by atoms with Crippen LogP contribution in [-0.4, -0.2) is 25.6 Å². The number of nitrogens with two attached hydrogens (primary N) is 2. The average molecular weight is 506 g/mol. The SMILES string of the molecule is CC(Oc1cc(-c2cnn(C3CC4CC(N)(O)CC4C3)c2)cnc1N)c1c(Cl)ccc(F)c1Cl.